The van der Waals surface area contributed by atoms with E-state index in [1.54, 1.807) is 35.2 Å². The van der Waals surface area contributed by atoms with E-state index in [9.17, 15) is 14.7 Å². The highest BCUT2D eigenvalue weighted by Crippen LogP contribution is 2.40. The van der Waals surface area contributed by atoms with Gasteiger partial charge >= 0.3 is 0 Å². The van der Waals surface area contributed by atoms with Crippen LogP contribution in [0.3, 0.4) is 0 Å². The topological polar surface area (TPSA) is 149 Å². The molecule has 0 spiro atoms. The first-order chi connectivity index (χ1) is 26.3. The first-order valence-corrected chi connectivity index (χ1v) is 20.2. The van der Waals surface area contributed by atoms with Crippen molar-refractivity contribution in [3.63, 3.8) is 0 Å². The van der Waals surface area contributed by atoms with Gasteiger partial charge in [-0.2, -0.15) is 0 Å². The molecule has 0 radical (unpaired) electrons. The van der Waals surface area contributed by atoms with Crippen LogP contribution in [-0.4, -0.2) is 39.0 Å². The molecular weight excluding hydrogens is 719 g/mol. The lowest BCUT2D eigenvalue weighted by atomic mass is 9.99. The molecule has 282 valence electrons. The summed E-state index contributed by atoms with van der Waals surface area (Å²) in [7, 11) is 0. The van der Waals surface area contributed by atoms with Gasteiger partial charge in [0.05, 0.1) is 30.2 Å². The highest BCUT2D eigenvalue weighted by atomic mass is 32.2. The van der Waals surface area contributed by atoms with E-state index < -0.39 is 6.29 Å². The molecule has 1 aliphatic heterocycles. The average molecular weight is 766 g/mol. The van der Waals surface area contributed by atoms with Gasteiger partial charge in [-0.05, 0) is 71.8 Å². The van der Waals surface area contributed by atoms with E-state index in [1.807, 2.05) is 67.6 Å². The second kappa shape index (κ2) is 19.7. The van der Waals surface area contributed by atoms with Gasteiger partial charge in [0, 0.05) is 37.1 Å². The summed E-state index contributed by atoms with van der Waals surface area (Å²) in [6.07, 6.45) is 4.02. The number of hydrogen-bond donors (Lipinski definition) is 4. The number of thioether (sulfide) groups is 1. The van der Waals surface area contributed by atoms with Crippen molar-refractivity contribution in [2.75, 3.05) is 16.8 Å². The zero-order valence-electron chi connectivity index (χ0n) is 30.4. The predicted octanol–water partition coefficient (Wildman–Crippen LogP) is 8.52. The molecular formula is C42H47N5O5S2. The number of nitrogens with two attached hydrogens (primary N) is 1. The van der Waals surface area contributed by atoms with Crippen LogP contribution in [0.15, 0.2) is 101 Å². The highest BCUT2D eigenvalue weighted by Gasteiger charge is 2.32. The molecule has 1 aromatic heterocycles. The van der Waals surface area contributed by atoms with Gasteiger partial charge < -0.3 is 30.9 Å². The average Bonchev–Trinajstić information content (AvgIpc) is 3.63. The SMILES string of the molecule is Cc1nnc(SCC2CC(c3ccc(CO)cc3)OC(c3cccc(-c4cccc(CNC(=O)CCCCCCC(=O)Nc5ccccc5N)c4)c3)O2)s1. The Labute approximate surface area is 324 Å². The molecule has 1 saturated heterocycles. The number of ether oxygens (including phenoxy) is 2. The summed E-state index contributed by atoms with van der Waals surface area (Å²) < 4.78 is 14.1. The van der Waals surface area contributed by atoms with Gasteiger partial charge in [0.25, 0.3) is 0 Å². The minimum Gasteiger partial charge on any atom is -0.397 e. The van der Waals surface area contributed by atoms with E-state index in [4.69, 9.17) is 15.2 Å². The molecule has 2 heterocycles. The van der Waals surface area contributed by atoms with E-state index in [2.05, 4.69) is 45.1 Å². The molecule has 54 heavy (non-hydrogen) atoms. The number of aromatic nitrogens is 2. The van der Waals surface area contributed by atoms with Gasteiger partial charge in [-0.25, -0.2) is 0 Å². The number of rotatable bonds is 17. The first-order valence-electron chi connectivity index (χ1n) is 18.4. The number of benzene rings is 4. The molecule has 1 fully saturated rings. The molecule has 2 amide bonds. The number of aryl methyl sites for hydroxylation is 1. The van der Waals surface area contributed by atoms with Crippen LogP contribution in [0, 0.1) is 6.92 Å². The Morgan fingerprint density at radius 2 is 1.57 bits per heavy atom. The van der Waals surface area contributed by atoms with Gasteiger partial charge in [-0.3, -0.25) is 9.59 Å². The van der Waals surface area contributed by atoms with Crippen LogP contribution in [0.4, 0.5) is 11.4 Å². The van der Waals surface area contributed by atoms with Crippen molar-refractivity contribution in [2.45, 2.75) is 87.9 Å². The standard InChI is InChI=1S/C42H47N5O5S2/c1-28-46-47-42(54-28)53-27-35-24-38(31-20-18-29(26-48)19-21-31)52-41(51-35)34-13-9-12-33(23-34)32-11-8-10-30(22-32)25-44-39(49)16-4-2-3-5-17-40(50)45-37-15-7-6-14-36(37)43/h6-15,18-23,35,38,41,48H,2-5,16-17,24-27,43H2,1H3,(H,44,49)(H,45,50). The predicted molar refractivity (Wildman–Crippen MR) is 215 cm³/mol. The quantitative estimate of drug-likeness (QED) is 0.0415. The number of anilines is 2. The van der Waals surface area contributed by atoms with Crippen molar-refractivity contribution in [1.82, 2.24) is 15.5 Å². The van der Waals surface area contributed by atoms with Gasteiger partial charge in [0.2, 0.25) is 11.8 Å². The minimum absolute atomic E-state index is 0.00457. The van der Waals surface area contributed by atoms with E-state index in [0.717, 1.165) is 74.2 Å². The Kier molecular flexibility index (Phi) is 14.2. The Balaban J connectivity index is 1.00. The summed E-state index contributed by atoms with van der Waals surface area (Å²) in [5.41, 5.74) is 13.0. The summed E-state index contributed by atoms with van der Waals surface area (Å²) in [5.74, 6) is 0.683. The number of aliphatic hydroxyl groups is 1. The molecule has 4 aromatic carbocycles. The van der Waals surface area contributed by atoms with E-state index >= 15 is 0 Å². The van der Waals surface area contributed by atoms with Gasteiger partial charge in [-0.15, -0.1) is 10.2 Å². The number of para-hydroxylation sites is 2. The molecule has 5 aromatic rings. The van der Waals surface area contributed by atoms with E-state index in [1.165, 1.54) is 0 Å². The molecule has 5 N–H and O–H groups in total. The number of nitrogens with one attached hydrogen (secondary N) is 2. The second-order valence-corrected chi connectivity index (χ2v) is 15.8. The lowest BCUT2D eigenvalue weighted by Crippen LogP contribution is -2.31. The molecule has 10 nitrogen and oxygen atoms in total. The molecule has 3 atom stereocenters. The van der Waals surface area contributed by atoms with Crippen molar-refractivity contribution in [3.05, 3.63) is 124 Å². The van der Waals surface area contributed by atoms with Gasteiger partial charge in [0.15, 0.2) is 10.6 Å². The lowest BCUT2D eigenvalue weighted by Gasteiger charge is -2.36. The molecule has 0 saturated carbocycles. The molecule has 3 unspecified atom stereocenters. The van der Waals surface area contributed by atoms with Crippen LogP contribution < -0.4 is 16.4 Å². The smallest absolute Gasteiger partial charge is 0.224 e. The Morgan fingerprint density at radius 3 is 2.31 bits per heavy atom. The van der Waals surface area contributed by atoms with Crippen LogP contribution in [0.2, 0.25) is 0 Å². The Hall–Kier alpha value is -4.59. The first kappa shape index (κ1) is 39.1. The normalized spacial score (nSPS) is 16.9. The third-order valence-corrected chi connectivity index (χ3v) is 11.3. The fraction of sp³-hybridized carbons (Fsp3) is 0.333. The van der Waals surface area contributed by atoms with Gasteiger partial charge in [-0.1, -0.05) is 109 Å². The third kappa shape index (κ3) is 11.5. The Morgan fingerprint density at radius 1 is 0.833 bits per heavy atom. The largest absolute Gasteiger partial charge is 0.397 e. The lowest BCUT2D eigenvalue weighted by molar-refractivity contribution is -0.245. The van der Waals surface area contributed by atoms with Crippen LogP contribution in [-0.2, 0) is 32.2 Å². The number of aliphatic hydroxyl groups excluding tert-OH is 1. The molecule has 6 rings (SSSR count). The van der Waals surface area contributed by atoms with E-state index in [-0.39, 0.29) is 30.6 Å². The number of nitrogen functional groups attached to an aromatic ring is 1. The number of amides is 2. The number of unbranched alkanes of at least 4 members (excludes halogenated alkanes) is 3. The monoisotopic (exact) mass is 765 g/mol. The summed E-state index contributed by atoms with van der Waals surface area (Å²) in [5, 5.41) is 24.8. The van der Waals surface area contributed by atoms with Crippen LogP contribution >= 0.6 is 23.1 Å². The summed E-state index contributed by atoms with van der Waals surface area (Å²) >= 11 is 3.23. The Bertz CT molecular complexity index is 1990. The van der Waals surface area contributed by atoms with Gasteiger partial charge in [0.1, 0.15) is 5.01 Å². The number of nitrogens with zero attached hydrogens (tertiary/aromatic N) is 2. The minimum atomic E-state index is -0.573. The second-order valence-electron chi connectivity index (χ2n) is 13.4. The van der Waals surface area contributed by atoms with Crippen LogP contribution in [0.1, 0.15) is 84.6 Å². The number of carbonyl (C=O) groups is 2. The van der Waals surface area contributed by atoms with Crippen molar-refractivity contribution in [1.29, 1.82) is 0 Å². The fourth-order valence-electron chi connectivity index (χ4n) is 6.29. The van der Waals surface area contributed by atoms with Crippen molar-refractivity contribution >= 4 is 46.3 Å². The zero-order chi connectivity index (χ0) is 37.7. The van der Waals surface area contributed by atoms with Crippen LogP contribution in [0.25, 0.3) is 11.1 Å². The summed E-state index contributed by atoms with van der Waals surface area (Å²) in [4.78, 5) is 24.9. The number of hydrogen-bond acceptors (Lipinski definition) is 10. The van der Waals surface area contributed by atoms with Crippen molar-refractivity contribution in [2.24, 2.45) is 0 Å². The summed E-state index contributed by atoms with van der Waals surface area (Å²) in [6, 6.07) is 31.6. The van der Waals surface area contributed by atoms with Crippen LogP contribution in [0.5, 0.6) is 0 Å². The third-order valence-electron chi connectivity index (χ3n) is 9.22. The molecule has 0 bridgehead atoms. The maximum Gasteiger partial charge on any atom is 0.224 e. The van der Waals surface area contributed by atoms with Crippen molar-refractivity contribution < 1.29 is 24.2 Å². The zero-order valence-corrected chi connectivity index (χ0v) is 32.0. The van der Waals surface area contributed by atoms with E-state index in [0.29, 0.717) is 37.2 Å². The fourth-order valence-corrected chi connectivity index (χ4v) is 8.15. The number of carbonyl (C=O) groups excluding carboxylic acids is 2. The highest BCUT2D eigenvalue weighted by molar-refractivity contribution is 8.01. The van der Waals surface area contributed by atoms with Crippen molar-refractivity contribution in [3.8, 4) is 11.1 Å². The molecule has 12 heteroatoms. The maximum atomic E-state index is 12.6. The molecule has 1 aliphatic rings. The maximum absolute atomic E-state index is 12.6. The molecule has 0 aliphatic carbocycles. The summed E-state index contributed by atoms with van der Waals surface area (Å²) in [6.45, 7) is 2.39.